The van der Waals surface area contributed by atoms with Gasteiger partial charge in [0, 0.05) is 12.7 Å². The molecule has 1 aromatic heterocycles. The van der Waals surface area contributed by atoms with Gasteiger partial charge in [0.15, 0.2) is 0 Å². The number of halogens is 2. The van der Waals surface area contributed by atoms with Crippen molar-refractivity contribution >= 4 is 28.9 Å². The fourth-order valence-electron chi connectivity index (χ4n) is 0.867. The first-order valence-electron chi connectivity index (χ1n) is 3.57. The van der Waals surface area contributed by atoms with E-state index in [0.29, 0.717) is 6.54 Å². The number of aromatic nitrogens is 1. The van der Waals surface area contributed by atoms with E-state index in [4.69, 9.17) is 28.9 Å². The van der Waals surface area contributed by atoms with Crippen LogP contribution in [0, 0.1) is 0 Å². The molecule has 2 N–H and O–H groups in total. The zero-order chi connectivity index (χ0) is 9.84. The van der Waals surface area contributed by atoms with Crippen molar-refractivity contribution in [2.75, 3.05) is 5.73 Å². The van der Waals surface area contributed by atoms with Crippen molar-refractivity contribution in [2.45, 2.75) is 6.54 Å². The lowest BCUT2D eigenvalue weighted by atomic mass is 10.4. The Morgan fingerprint density at radius 3 is 2.92 bits per heavy atom. The number of hydrogen-bond acceptors (Lipinski definition) is 2. The smallest absolute Gasteiger partial charge is 0.273 e. The van der Waals surface area contributed by atoms with Crippen LogP contribution in [0.25, 0.3) is 0 Å². The molecule has 1 heterocycles. The number of hydrogen-bond donors (Lipinski definition) is 1. The second-order valence-corrected chi connectivity index (χ2v) is 3.42. The molecular weight excluding hydrogens is 211 g/mol. The largest absolute Gasteiger partial charge is 0.394 e. The minimum atomic E-state index is -0.242. The van der Waals surface area contributed by atoms with Crippen LogP contribution in [0.3, 0.4) is 0 Å². The minimum absolute atomic E-state index is 0.134. The molecule has 0 amide bonds. The Labute approximate surface area is 85.4 Å². The number of rotatable bonds is 2. The summed E-state index contributed by atoms with van der Waals surface area (Å²) >= 11 is 10.8. The highest BCUT2D eigenvalue weighted by atomic mass is 35.5. The number of nitrogens with zero attached hydrogens (tertiary/aromatic N) is 1. The molecule has 0 aliphatic heterocycles. The molecule has 0 unspecified atom stereocenters. The first-order chi connectivity index (χ1) is 6.11. The second kappa shape index (κ2) is 4.35. The van der Waals surface area contributed by atoms with E-state index in [1.54, 1.807) is 18.3 Å². The van der Waals surface area contributed by atoms with E-state index in [1.165, 1.54) is 10.6 Å². The molecule has 0 radical (unpaired) electrons. The van der Waals surface area contributed by atoms with Crippen LogP contribution in [-0.2, 0) is 6.54 Å². The maximum Gasteiger partial charge on any atom is 0.273 e. The highest BCUT2D eigenvalue weighted by Gasteiger charge is 1.96. The van der Waals surface area contributed by atoms with Crippen LogP contribution in [0.5, 0.6) is 0 Å². The molecule has 5 heteroatoms. The molecule has 0 aliphatic carbocycles. The van der Waals surface area contributed by atoms with Gasteiger partial charge in [-0.15, -0.1) is 0 Å². The number of nitrogen functional groups attached to an aromatic ring is 1. The third kappa shape index (κ3) is 2.79. The SMILES string of the molecule is Nc1cccn(CC=C(Cl)Cl)c1=O. The van der Waals surface area contributed by atoms with Gasteiger partial charge in [-0.25, -0.2) is 0 Å². The Bertz CT molecular complexity index is 380. The molecule has 0 aliphatic rings. The van der Waals surface area contributed by atoms with Crippen molar-refractivity contribution < 1.29 is 0 Å². The Morgan fingerprint density at radius 2 is 2.31 bits per heavy atom. The Kier molecular flexibility index (Phi) is 3.39. The third-order valence-electron chi connectivity index (χ3n) is 1.49. The average Bonchev–Trinajstić information content (AvgIpc) is 2.07. The molecule has 70 valence electrons. The van der Waals surface area contributed by atoms with Crippen LogP contribution in [-0.4, -0.2) is 4.57 Å². The van der Waals surface area contributed by atoms with E-state index in [-0.39, 0.29) is 15.7 Å². The van der Waals surface area contributed by atoms with E-state index >= 15 is 0 Å². The zero-order valence-electron chi connectivity index (χ0n) is 6.71. The van der Waals surface area contributed by atoms with Gasteiger partial charge in [-0.3, -0.25) is 4.79 Å². The van der Waals surface area contributed by atoms with Crippen molar-refractivity contribution in [3.63, 3.8) is 0 Å². The topological polar surface area (TPSA) is 48.0 Å². The van der Waals surface area contributed by atoms with Crippen LogP contribution in [0.4, 0.5) is 5.69 Å². The van der Waals surface area contributed by atoms with Gasteiger partial charge < -0.3 is 10.3 Å². The first kappa shape index (κ1) is 10.2. The van der Waals surface area contributed by atoms with Gasteiger partial charge in [0.25, 0.3) is 5.56 Å². The van der Waals surface area contributed by atoms with Crippen molar-refractivity contribution in [1.82, 2.24) is 4.57 Å². The summed E-state index contributed by atoms with van der Waals surface area (Å²) in [7, 11) is 0. The molecule has 1 rings (SSSR count). The lowest BCUT2D eigenvalue weighted by Gasteiger charge is -2.01. The number of nitrogens with two attached hydrogens (primary N) is 1. The number of pyridine rings is 1. The summed E-state index contributed by atoms with van der Waals surface area (Å²) in [4.78, 5) is 11.3. The minimum Gasteiger partial charge on any atom is -0.394 e. The maximum atomic E-state index is 11.3. The molecule has 3 nitrogen and oxygen atoms in total. The fraction of sp³-hybridized carbons (Fsp3) is 0.125. The summed E-state index contributed by atoms with van der Waals surface area (Å²) in [6, 6.07) is 3.23. The number of allylic oxidation sites excluding steroid dienone is 1. The molecule has 0 fully saturated rings. The van der Waals surface area contributed by atoms with Crippen molar-refractivity contribution in [2.24, 2.45) is 0 Å². The van der Waals surface area contributed by atoms with E-state index in [0.717, 1.165) is 0 Å². The van der Waals surface area contributed by atoms with Gasteiger partial charge in [0.1, 0.15) is 4.49 Å². The predicted molar refractivity (Wildman–Crippen MR) is 54.9 cm³/mol. The molecule has 0 saturated carbocycles. The summed E-state index contributed by atoms with van der Waals surface area (Å²) < 4.78 is 1.55. The molecule has 0 spiro atoms. The standard InChI is InChI=1S/C8H8Cl2N2O/c9-7(10)3-5-12-4-1-2-6(11)8(12)13/h1-4H,5,11H2. The lowest BCUT2D eigenvalue weighted by Crippen LogP contribution is -2.21. The Hall–Kier alpha value is -0.930. The third-order valence-corrected chi connectivity index (χ3v) is 1.80. The molecule has 0 saturated heterocycles. The van der Waals surface area contributed by atoms with E-state index in [9.17, 15) is 4.79 Å². The monoisotopic (exact) mass is 218 g/mol. The summed E-state index contributed by atoms with van der Waals surface area (Å²) in [5.41, 5.74) is 5.37. The van der Waals surface area contributed by atoms with Gasteiger partial charge in [0.05, 0.1) is 5.69 Å². The molecule has 1 aromatic rings. The Balaban J connectivity index is 2.97. The maximum absolute atomic E-state index is 11.3. The van der Waals surface area contributed by atoms with Crippen LogP contribution in [0.2, 0.25) is 0 Å². The summed E-state index contributed by atoms with van der Waals surface area (Å²) in [5.74, 6) is 0. The van der Waals surface area contributed by atoms with Gasteiger partial charge in [0.2, 0.25) is 0 Å². The van der Waals surface area contributed by atoms with Crippen LogP contribution in [0.15, 0.2) is 33.7 Å². The average molecular weight is 219 g/mol. The first-order valence-corrected chi connectivity index (χ1v) is 4.33. The van der Waals surface area contributed by atoms with Crippen molar-refractivity contribution in [1.29, 1.82) is 0 Å². The van der Waals surface area contributed by atoms with Gasteiger partial charge in [-0.2, -0.15) is 0 Å². The van der Waals surface area contributed by atoms with Crippen molar-refractivity contribution in [3.8, 4) is 0 Å². The number of anilines is 1. The van der Waals surface area contributed by atoms with Crippen LogP contribution >= 0.6 is 23.2 Å². The van der Waals surface area contributed by atoms with Gasteiger partial charge >= 0.3 is 0 Å². The quantitative estimate of drug-likeness (QED) is 0.823. The van der Waals surface area contributed by atoms with E-state index in [1.807, 2.05) is 0 Å². The van der Waals surface area contributed by atoms with E-state index in [2.05, 4.69) is 0 Å². The van der Waals surface area contributed by atoms with E-state index < -0.39 is 0 Å². The highest BCUT2D eigenvalue weighted by Crippen LogP contribution is 2.05. The summed E-state index contributed by atoms with van der Waals surface area (Å²) in [5, 5.41) is 0. The summed E-state index contributed by atoms with van der Waals surface area (Å²) in [6.45, 7) is 0.326. The molecule has 0 bridgehead atoms. The predicted octanol–water partition coefficient (Wildman–Crippen LogP) is 1.75. The fourth-order valence-corrected chi connectivity index (χ4v) is 1.00. The molecule has 13 heavy (non-hydrogen) atoms. The zero-order valence-corrected chi connectivity index (χ0v) is 8.22. The molecular formula is C8H8Cl2N2O. The van der Waals surface area contributed by atoms with Crippen LogP contribution in [0.1, 0.15) is 0 Å². The molecule has 0 aromatic carbocycles. The normalized spacial score (nSPS) is 9.69. The highest BCUT2D eigenvalue weighted by molar-refractivity contribution is 6.55. The second-order valence-electron chi connectivity index (χ2n) is 2.41. The lowest BCUT2D eigenvalue weighted by molar-refractivity contribution is 0.782. The molecule has 0 atom stereocenters. The van der Waals surface area contributed by atoms with Crippen LogP contribution < -0.4 is 11.3 Å². The van der Waals surface area contributed by atoms with Crippen molar-refractivity contribution in [3.05, 3.63) is 39.3 Å². The van der Waals surface area contributed by atoms with Gasteiger partial charge in [-0.1, -0.05) is 23.2 Å². The summed E-state index contributed by atoms with van der Waals surface area (Å²) in [6.07, 6.45) is 3.13. The van der Waals surface area contributed by atoms with Gasteiger partial charge in [-0.05, 0) is 18.2 Å². The Morgan fingerprint density at radius 1 is 1.62 bits per heavy atom.